The summed E-state index contributed by atoms with van der Waals surface area (Å²) in [5, 5.41) is 10.5. The third kappa shape index (κ3) is 4.09. The van der Waals surface area contributed by atoms with Gasteiger partial charge in [-0.25, -0.2) is 4.90 Å². The van der Waals surface area contributed by atoms with E-state index in [1.807, 2.05) is 6.07 Å². The Hall–Kier alpha value is -2.51. The van der Waals surface area contributed by atoms with E-state index >= 15 is 0 Å². The van der Waals surface area contributed by atoms with Crippen molar-refractivity contribution < 1.29 is 19.5 Å². The molecule has 0 aromatic heterocycles. The summed E-state index contributed by atoms with van der Waals surface area (Å²) in [4.78, 5) is 39.9. The van der Waals surface area contributed by atoms with E-state index in [-0.39, 0.29) is 24.8 Å². The van der Waals surface area contributed by atoms with Gasteiger partial charge >= 0.3 is 0 Å². The molecule has 1 aliphatic rings. The molecule has 0 aliphatic carbocycles. The van der Waals surface area contributed by atoms with Gasteiger partial charge in [-0.15, -0.1) is 0 Å². The topological polar surface area (TPSA) is 77.9 Å². The van der Waals surface area contributed by atoms with Crippen LogP contribution in [0.15, 0.2) is 59.1 Å². The third-order valence-corrected chi connectivity index (χ3v) is 5.07. The van der Waals surface area contributed by atoms with Gasteiger partial charge in [0.15, 0.2) is 0 Å². The molecule has 3 rings (SSSR count). The number of amides is 3. The summed E-state index contributed by atoms with van der Waals surface area (Å²) in [6.07, 6.45) is -1.05. The molecule has 6 nitrogen and oxygen atoms in total. The molecule has 2 atom stereocenters. The summed E-state index contributed by atoms with van der Waals surface area (Å²) in [6, 6.07) is 14.8. The third-order valence-electron chi connectivity index (χ3n) is 4.54. The summed E-state index contributed by atoms with van der Waals surface area (Å²) in [5.41, 5.74) is 1.10. The smallest absolute Gasteiger partial charge is 0.257 e. The average Bonchev–Trinajstić information content (AvgIpc) is 2.95. The first kappa shape index (κ1) is 19.3. The minimum absolute atomic E-state index is 0.0583. The van der Waals surface area contributed by atoms with Gasteiger partial charge < -0.3 is 10.0 Å². The van der Waals surface area contributed by atoms with Crippen LogP contribution < -0.4 is 4.90 Å². The first-order chi connectivity index (χ1) is 12.9. The van der Waals surface area contributed by atoms with Crippen molar-refractivity contribution >= 4 is 39.3 Å². The van der Waals surface area contributed by atoms with E-state index in [4.69, 9.17) is 0 Å². The van der Waals surface area contributed by atoms with Crippen molar-refractivity contribution in [2.45, 2.75) is 25.5 Å². The zero-order valence-corrected chi connectivity index (χ0v) is 16.3. The van der Waals surface area contributed by atoms with Crippen molar-refractivity contribution in [1.29, 1.82) is 0 Å². The van der Waals surface area contributed by atoms with Gasteiger partial charge in [-0.1, -0.05) is 46.3 Å². The summed E-state index contributed by atoms with van der Waals surface area (Å²) in [6.45, 7) is 1.27. The molecule has 0 spiro atoms. The molecule has 2 aromatic rings. The Labute approximate surface area is 165 Å². The number of hydrogen-bond donors (Lipinski definition) is 1. The van der Waals surface area contributed by atoms with Gasteiger partial charge in [0.2, 0.25) is 11.8 Å². The highest BCUT2D eigenvalue weighted by molar-refractivity contribution is 9.10. The van der Waals surface area contributed by atoms with Gasteiger partial charge in [-0.3, -0.25) is 14.4 Å². The fourth-order valence-electron chi connectivity index (χ4n) is 3.16. The van der Waals surface area contributed by atoms with Crippen LogP contribution in [0.5, 0.6) is 0 Å². The standard InChI is InChI=1S/C20H19BrN2O4/c1-13(24)22(12-18(25)14-5-3-2-4-6-14)17-11-19(26)23(20(17)27)16-9-7-15(21)8-10-16/h2-10,17-18,25H,11-12H2,1H3/t17-,18-/m0/s1. The Morgan fingerprint density at radius 2 is 1.81 bits per heavy atom. The minimum atomic E-state index is -0.945. The number of imide groups is 1. The Balaban J connectivity index is 1.82. The lowest BCUT2D eigenvalue weighted by atomic mass is 10.1. The van der Waals surface area contributed by atoms with Crippen LogP contribution >= 0.6 is 15.9 Å². The number of nitrogens with zero attached hydrogens (tertiary/aromatic N) is 2. The van der Waals surface area contributed by atoms with Crippen LogP contribution in [0.4, 0.5) is 5.69 Å². The van der Waals surface area contributed by atoms with Gasteiger partial charge in [0.25, 0.3) is 5.91 Å². The van der Waals surface area contributed by atoms with Crippen molar-refractivity contribution in [2.75, 3.05) is 11.4 Å². The number of aliphatic hydroxyl groups is 1. The number of hydrogen-bond acceptors (Lipinski definition) is 4. The van der Waals surface area contributed by atoms with Crippen molar-refractivity contribution in [3.63, 3.8) is 0 Å². The Morgan fingerprint density at radius 3 is 2.41 bits per heavy atom. The molecule has 0 unspecified atom stereocenters. The van der Waals surface area contributed by atoms with E-state index < -0.39 is 18.1 Å². The van der Waals surface area contributed by atoms with Crippen LogP contribution in [0.3, 0.4) is 0 Å². The van der Waals surface area contributed by atoms with Gasteiger partial charge in [-0.2, -0.15) is 0 Å². The maximum absolute atomic E-state index is 12.9. The number of benzene rings is 2. The van der Waals surface area contributed by atoms with Gasteiger partial charge in [-0.05, 0) is 29.8 Å². The highest BCUT2D eigenvalue weighted by Gasteiger charge is 2.44. The van der Waals surface area contributed by atoms with Crippen LogP contribution in [-0.2, 0) is 14.4 Å². The molecule has 27 heavy (non-hydrogen) atoms. The van der Waals surface area contributed by atoms with E-state index in [0.717, 1.165) is 9.37 Å². The molecule has 1 fully saturated rings. The first-order valence-corrected chi connectivity index (χ1v) is 9.30. The molecule has 2 aromatic carbocycles. The maximum atomic E-state index is 12.9. The molecule has 1 aliphatic heterocycles. The van der Waals surface area contributed by atoms with Crippen LogP contribution in [-0.4, -0.2) is 40.3 Å². The van der Waals surface area contributed by atoms with E-state index in [0.29, 0.717) is 11.3 Å². The number of rotatable bonds is 5. The Bertz CT molecular complexity index is 854. The van der Waals surface area contributed by atoms with Gasteiger partial charge in [0.1, 0.15) is 6.04 Å². The second-order valence-corrected chi connectivity index (χ2v) is 7.28. The van der Waals surface area contributed by atoms with Crippen molar-refractivity contribution in [1.82, 2.24) is 4.90 Å². The fraction of sp³-hybridized carbons (Fsp3) is 0.250. The highest BCUT2D eigenvalue weighted by atomic mass is 79.9. The quantitative estimate of drug-likeness (QED) is 0.739. The molecule has 7 heteroatoms. The van der Waals surface area contributed by atoms with E-state index in [9.17, 15) is 19.5 Å². The number of aliphatic hydroxyl groups excluding tert-OH is 1. The summed E-state index contributed by atoms with van der Waals surface area (Å²) in [7, 11) is 0. The number of carbonyl (C=O) groups is 3. The average molecular weight is 431 g/mol. The van der Waals surface area contributed by atoms with Crippen LogP contribution in [0.25, 0.3) is 0 Å². The van der Waals surface area contributed by atoms with Crippen LogP contribution in [0.1, 0.15) is 25.0 Å². The van der Waals surface area contributed by atoms with Gasteiger partial charge in [0, 0.05) is 11.4 Å². The lowest BCUT2D eigenvalue weighted by Crippen LogP contribution is -2.46. The van der Waals surface area contributed by atoms with E-state index in [2.05, 4.69) is 15.9 Å². The molecule has 0 bridgehead atoms. The lowest BCUT2D eigenvalue weighted by Gasteiger charge is -2.28. The molecule has 3 amide bonds. The maximum Gasteiger partial charge on any atom is 0.257 e. The largest absolute Gasteiger partial charge is 0.387 e. The summed E-state index contributed by atoms with van der Waals surface area (Å²) < 4.78 is 0.832. The SMILES string of the molecule is CC(=O)N(C[C@H](O)c1ccccc1)[C@H]1CC(=O)N(c2ccc(Br)cc2)C1=O. The van der Waals surface area contributed by atoms with Gasteiger partial charge in [0.05, 0.1) is 24.8 Å². The van der Waals surface area contributed by atoms with Crippen LogP contribution in [0.2, 0.25) is 0 Å². The zero-order valence-electron chi connectivity index (χ0n) is 14.7. The molecular weight excluding hydrogens is 412 g/mol. The predicted molar refractivity (Wildman–Crippen MR) is 104 cm³/mol. The second-order valence-electron chi connectivity index (χ2n) is 6.36. The van der Waals surface area contributed by atoms with Crippen molar-refractivity contribution in [3.8, 4) is 0 Å². The zero-order chi connectivity index (χ0) is 19.6. The predicted octanol–water partition coefficient (Wildman–Crippen LogP) is 2.66. The second kappa shape index (κ2) is 8.02. The minimum Gasteiger partial charge on any atom is -0.387 e. The molecular formula is C20H19BrN2O4. The van der Waals surface area contributed by atoms with Crippen molar-refractivity contribution in [2.24, 2.45) is 0 Å². The summed E-state index contributed by atoms with van der Waals surface area (Å²) >= 11 is 3.32. The molecule has 1 saturated heterocycles. The van der Waals surface area contributed by atoms with Crippen LogP contribution in [0, 0.1) is 0 Å². The Morgan fingerprint density at radius 1 is 1.19 bits per heavy atom. The fourth-order valence-corrected chi connectivity index (χ4v) is 3.43. The van der Waals surface area contributed by atoms with E-state index in [1.165, 1.54) is 11.8 Å². The van der Waals surface area contributed by atoms with E-state index in [1.54, 1.807) is 48.5 Å². The Kier molecular flexibility index (Phi) is 5.72. The van der Waals surface area contributed by atoms with Crippen molar-refractivity contribution in [3.05, 3.63) is 64.6 Å². The number of halogens is 1. The first-order valence-electron chi connectivity index (χ1n) is 8.51. The monoisotopic (exact) mass is 430 g/mol. The normalized spacial score (nSPS) is 17.9. The highest BCUT2D eigenvalue weighted by Crippen LogP contribution is 2.28. The molecule has 0 saturated carbocycles. The number of carbonyl (C=O) groups excluding carboxylic acids is 3. The molecule has 140 valence electrons. The lowest BCUT2D eigenvalue weighted by molar-refractivity contribution is -0.138. The molecule has 1 heterocycles. The number of anilines is 1. The molecule has 1 N–H and O–H groups in total. The summed E-state index contributed by atoms with van der Waals surface area (Å²) in [5.74, 6) is -1.20. The molecule has 0 radical (unpaired) electrons.